The fraction of sp³-hybridized carbons (Fsp3) is 0.400. The Morgan fingerprint density at radius 1 is 1.32 bits per heavy atom. The molecule has 1 aliphatic rings. The average Bonchev–Trinajstić information content (AvgIpc) is 2.87. The number of nitrogens with zero attached hydrogens (tertiary/aromatic N) is 1. The normalized spacial score (nSPS) is 22.2. The number of hydrogen-bond acceptors (Lipinski definition) is 3. The van der Waals surface area contributed by atoms with E-state index in [1.54, 1.807) is 11.3 Å². The lowest BCUT2D eigenvalue weighted by atomic mass is 9.76. The van der Waals surface area contributed by atoms with Crippen LogP contribution in [0.3, 0.4) is 0 Å². The highest BCUT2D eigenvalue weighted by molar-refractivity contribution is 7.07. The van der Waals surface area contributed by atoms with E-state index in [1.165, 1.54) is 24.1 Å². The summed E-state index contributed by atoms with van der Waals surface area (Å²) < 4.78 is 0. The zero-order valence-corrected chi connectivity index (χ0v) is 12.3. The van der Waals surface area contributed by atoms with Crippen LogP contribution in [0.5, 0.6) is 0 Å². The fourth-order valence-corrected chi connectivity index (χ4v) is 3.49. The van der Waals surface area contributed by atoms with E-state index in [4.69, 9.17) is 11.6 Å². The van der Waals surface area contributed by atoms with E-state index in [0.29, 0.717) is 12.0 Å². The lowest BCUT2D eigenvalue weighted by molar-refractivity contribution is 0.292. The Labute approximate surface area is 122 Å². The van der Waals surface area contributed by atoms with Gasteiger partial charge in [-0.3, -0.25) is 0 Å². The van der Waals surface area contributed by atoms with Gasteiger partial charge < -0.3 is 5.32 Å². The molecular formula is C15H17ClN2S. The summed E-state index contributed by atoms with van der Waals surface area (Å²) >= 11 is 7.89. The van der Waals surface area contributed by atoms with Crippen LogP contribution in [0.25, 0.3) is 0 Å². The molecular weight excluding hydrogens is 276 g/mol. The summed E-state index contributed by atoms with van der Waals surface area (Å²) in [5.74, 6) is 0.630. The number of hydrogen-bond donors (Lipinski definition) is 1. The molecule has 100 valence electrons. The molecule has 1 aromatic heterocycles. The van der Waals surface area contributed by atoms with Gasteiger partial charge in [-0.05, 0) is 30.4 Å². The molecule has 0 spiro atoms. The molecule has 1 N–H and O–H groups in total. The third kappa shape index (κ3) is 3.16. The van der Waals surface area contributed by atoms with Gasteiger partial charge in [-0.1, -0.05) is 29.8 Å². The first-order valence-electron chi connectivity index (χ1n) is 6.68. The monoisotopic (exact) mass is 292 g/mol. The minimum Gasteiger partial charge on any atom is -0.314 e. The number of nitrogens with one attached hydrogen (secondary N) is 1. The van der Waals surface area contributed by atoms with Gasteiger partial charge in [0.2, 0.25) is 0 Å². The van der Waals surface area contributed by atoms with Crippen molar-refractivity contribution in [1.29, 1.82) is 0 Å². The predicted octanol–water partition coefficient (Wildman–Crippen LogP) is 3.87. The van der Waals surface area contributed by atoms with Gasteiger partial charge in [-0.15, -0.1) is 11.3 Å². The van der Waals surface area contributed by atoms with Crippen LogP contribution in [0.2, 0.25) is 5.02 Å². The number of rotatable bonds is 5. The van der Waals surface area contributed by atoms with Crippen molar-refractivity contribution in [2.24, 2.45) is 0 Å². The first-order valence-corrected chi connectivity index (χ1v) is 8.00. The summed E-state index contributed by atoms with van der Waals surface area (Å²) in [4.78, 5) is 4.29. The van der Waals surface area contributed by atoms with E-state index in [1.807, 2.05) is 17.6 Å². The van der Waals surface area contributed by atoms with Crippen LogP contribution in [0.4, 0.5) is 0 Å². The largest absolute Gasteiger partial charge is 0.314 e. The average molecular weight is 293 g/mol. The molecule has 0 radical (unpaired) electrons. The van der Waals surface area contributed by atoms with Crippen molar-refractivity contribution in [2.45, 2.75) is 31.2 Å². The molecule has 19 heavy (non-hydrogen) atoms. The summed E-state index contributed by atoms with van der Waals surface area (Å²) in [5, 5.41) is 6.63. The third-order valence-electron chi connectivity index (χ3n) is 3.78. The molecule has 1 aliphatic carbocycles. The minimum atomic E-state index is 0.630. The van der Waals surface area contributed by atoms with Gasteiger partial charge >= 0.3 is 0 Å². The highest BCUT2D eigenvalue weighted by Gasteiger charge is 2.30. The van der Waals surface area contributed by atoms with E-state index in [9.17, 15) is 0 Å². The molecule has 1 fully saturated rings. The Morgan fingerprint density at radius 2 is 2.16 bits per heavy atom. The topological polar surface area (TPSA) is 24.9 Å². The smallest absolute Gasteiger partial charge is 0.0794 e. The molecule has 2 aromatic rings. The molecule has 4 heteroatoms. The van der Waals surface area contributed by atoms with Gasteiger partial charge in [0.05, 0.1) is 11.2 Å². The molecule has 2 nitrogen and oxygen atoms in total. The van der Waals surface area contributed by atoms with Gasteiger partial charge in [-0.2, -0.15) is 0 Å². The van der Waals surface area contributed by atoms with E-state index in [-0.39, 0.29) is 0 Å². The van der Waals surface area contributed by atoms with Gasteiger partial charge in [0.25, 0.3) is 0 Å². The van der Waals surface area contributed by atoms with Crippen LogP contribution in [-0.4, -0.2) is 17.6 Å². The van der Waals surface area contributed by atoms with E-state index < -0.39 is 0 Å². The highest BCUT2D eigenvalue weighted by atomic mass is 35.5. The molecule has 0 amide bonds. The van der Waals surface area contributed by atoms with Crippen LogP contribution in [0.1, 0.15) is 30.0 Å². The summed E-state index contributed by atoms with van der Waals surface area (Å²) in [7, 11) is 0. The maximum absolute atomic E-state index is 6.22. The van der Waals surface area contributed by atoms with Crippen LogP contribution in [0, 0.1) is 0 Å². The molecule has 0 bridgehead atoms. The minimum absolute atomic E-state index is 0.630. The zero-order valence-electron chi connectivity index (χ0n) is 10.7. The second-order valence-electron chi connectivity index (χ2n) is 5.07. The summed E-state index contributed by atoms with van der Waals surface area (Å²) in [6.07, 6.45) is 3.42. The number of benzene rings is 1. The van der Waals surface area contributed by atoms with Crippen molar-refractivity contribution in [3.05, 3.63) is 51.4 Å². The van der Waals surface area contributed by atoms with Crippen LogP contribution in [-0.2, 0) is 6.42 Å². The van der Waals surface area contributed by atoms with Gasteiger partial charge in [0.1, 0.15) is 0 Å². The van der Waals surface area contributed by atoms with Gasteiger partial charge in [0.15, 0.2) is 0 Å². The summed E-state index contributed by atoms with van der Waals surface area (Å²) in [5.41, 5.74) is 4.40. The standard InChI is InChI=1S/C15H17ClN2S/c16-15-4-2-1-3-14(15)11-7-13(8-11)17-6-5-12-9-19-10-18-12/h1-4,9-11,13,17H,5-8H2. The molecule has 0 saturated heterocycles. The summed E-state index contributed by atoms with van der Waals surface area (Å²) in [6.45, 7) is 1.02. The van der Waals surface area contributed by atoms with Crippen molar-refractivity contribution >= 4 is 22.9 Å². The Kier molecular flexibility index (Phi) is 4.16. The number of thiazole rings is 1. The first kappa shape index (κ1) is 13.1. The molecule has 0 unspecified atom stereocenters. The van der Waals surface area contributed by atoms with Crippen molar-refractivity contribution in [3.8, 4) is 0 Å². The molecule has 0 atom stereocenters. The fourth-order valence-electron chi connectivity index (χ4n) is 2.61. The van der Waals surface area contributed by atoms with E-state index in [2.05, 4.69) is 27.8 Å². The summed E-state index contributed by atoms with van der Waals surface area (Å²) in [6, 6.07) is 8.84. The van der Waals surface area contributed by atoms with Gasteiger partial charge in [-0.25, -0.2) is 4.98 Å². The third-order valence-corrected chi connectivity index (χ3v) is 4.76. The maximum Gasteiger partial charge on any atom is 0.0794 e. The van der Waals surface area contributed by atoms with Crippen molar-refractivity contribution in [3.63, 3.8) is 0 Å². The Hall–Kier alpha value is -0.900. The predicted molar refractivity (Wildman–Crippen MR) is 81.0 cm³/mol. The van der Waals surface area contributed by atoms with Crippen molar-refractivity contribution in [2.75, 3.05) is 6.54 Å². The maximum atomic E-state index is 6.22. The quantitative estimate of drug-likeness (QED) is 0.905. The van der Waals surface area contributed by atoms with E-state index in [0.717, 1.165) is 18.0 Å². The Balaban J connectivity index is 1.42. The number of aromatic nitrogens is 1. The molecule has 1 saturated carbocycles. The molecule has 1 heterocycles. The van der Waals surface area contributed by atoms with E-state index >= 15 is 0 Å². The molecule has 0 aliphatic heterocycles. The first-order chi connectivity index (χ1) is 9.33. The van der Waals surface area contributed by atoms with Gasteiger partial charge in [0, 0.05) is 29.4 Å². The lowest BCUT2D eigenvalue weighted by Gasteiger charge is -2.36. The van der Waals surface area contributed by atoms with Crippen molar-refractivity contribution in [1.82, 2.24) is 10.3 Å². The van der Waals surface area contributed by atoms with Crippen molar-refractivity contribution < 1.29 is 0 Å². The SMILES string of the molecule is Clc1ccccc1C1CC(NCCc2cscn2)C1. The zero-order chi connectivity index (χ0) is 13.1. The second kappa shape index (κ2) is 6.04. The lowest BCUT2D eigenvalue weighted by Crippen LogP contribution is -2.41. The Morgan fingerprint density at radius 3 is 2.89 bits per heavy atom. The molecule has 3 rings (SSSR count). The van der Waals surface area contributed by atoms with Crippen LogP contribution in [0.15, 0.2) is 35.2 Å². The molecule has 1 aromatic carbocycles. The second-order valence-corrected chi connectivity index (χ2v) is 6.20. The highest BCUT2D eigenvalue weighted by Crippen LogP contribution is 2.39. The van der Waals surface area contributed by atoms with Crippen LogP contribution >= 0.6 is 22.9 Å². The number of halogens is 1. The van der Waals surface area contributed by atoms with Crippen LogP contribution < -0.4 is 5.32 Å². The Bertz CT molecular complexity index is 521.